The number of amides is 5. The highest BCUT2D eigenvalue weighted by Gasteiger charge is 2.53. The Labute approximate surface area is 358 Å². The van der Waals surface area contributed by atoms with Gasteiger partial charge in [-0.2, -0.15) is 5.10 Å². The van der Waals surface area contributed by atoms with E-state index in [-0.39, 0.29) is 47.8 Å². The van der Waals surface area contributed by atoms with Crippen LogP contribution in [0.1, 0.15) is 71.4 Å². The van der Waals surface area contributed by atoms with E-state index in [1.54, 1.807) is 6.07 Å². The zero-order chi connectivity index (χ0) is 42.6. The molecule has 16 nitrogen and oxygen atoms in total. The van der Waals surface area contributed by atoms with Crippen LogP contribution in [0.5, 0.6) is 5.75 Å². The van der Waals surface area contributed by atoms with E-state index in [1.165, 1.54) is 24.5 Å². The summed E-state index contributed by atoms with van der Waals surface area (Å²) in [5, 5.41) is 14.4. The number of benzene rings is 2. The van der Waals surface area contributed by atoms with Gasteiger partial charge in [0.05, 0.1) is 26.7 Å². The monoisotopic (exact) mass is 863 g/mol. The molecule has 0 bridgehead atoms. The van der Waals surface area contributed by atoms with Gasteiger partial charge >= 0.3 is 0 Å². The fraction of sp³-hybridized carbons (Fsp3) is 0.326. The molecule has 4 aliphatic rings. The highest BCUT2D eigenvalue weighted by molar-refractivity contribution is 6.35. The second-order valence-corrected chi connectivity index (χ2v) is 16.9. The average molecular weight is 865 g/mol. The number of hydrogen-bond acceptors (Lipinski definition) is 12. The van der Waals surface area contributed by atoms with Crippen molar-refractivity contribution in [2.75, 3.05) is 36.4 Å². The minimum Gasteiger partial charge on any atom is -0.486 e. The molecule has 18 heteroatoms. The van der Waals surface area contributed by atoms with E-state index in [4.69, 9.17) is 32.9 Å². The van der Waals surface area contributed by atoms with Crippen molar-refractivity contribution in [3.05, 3.63) is 93.9 Å². The normalized spacial score (nSPS) is 19.3. The van der Waals surface area contributed by atoms with Crippen LogP contribution in [0.25, 0.3) is 22.2 Å². The minimum atomic E-state index is -1.08. The maximum Gasteiger partial charge on any atom is 0.262 e. The van der Waals surface area contributed by atoms with Gasteiger partial charge in [-0.25, -0.2) is 4.98 Å². The van der Waals surface area contributed by atoms with Gasteiger partial charge in [-0.3, -0.25) is 49.2 Å². The molecule has 2 unspecified atom stereocenters. The van der Waals surface area contributed by atoms with Crippen molar-refractivity contribution in [3.8, 4) is 17.0 Å². The number of hydrogen-bond donors (Lipinski definition) is 3. The Kier molecular flexibility index (Phi) is 10.5. The molecule has 1 spiro atoms. The smallest absolute Gasteiger partial charge is 0.262 e. The van der Waals surface area contributed by atoms with Crippen molar-refractivity contribution in [1.29, 1.82) is 0 Å². The van der Waals surface area contributed by atoms with Gasteiger partial charge in [-0.1, -0.05) is 23.2 Å². The number of nitrogens with zero attached hydrogens (tertiary/aromatic N) is 6. The molecule has 61 heavy (non-hydrogen) atoms. The third kappa shape index (κ3) is 7.59. The van der Waals surface area contributed by atoms with Crippen molar-refractivity contribution < 1.29 is 33.5 Å². The zero-order valence-corrected chi connectivity index (χ0v) is 34.3. The molecule has 312 valence electrons. The third-order valence-corrected chi connectivity index (χ3v) is 12.5. The summed E-state index contributed by atoms with van der Waals surface area (Å²) in [4.78, 5) is 89.3. The number of pyridine rings is 2. The van der Waals surface area contributed by atoms with Crippen molar-refractivity contribution in [1.82, 2.24) is 35.3 Å². The van der Waals surface area contributed by atoms with Crippen molar-refractivity contribution in [3.63, 3.8) is 0 Å². The molecule has 5 aromatic rings. The summed E-state index contributed by atoms with van der Waals surface area (Å²) in [5.41, 5.74) is 3.67. The van der Waals surface area contributed by atoms with E-state index in [2.05, 4.69) is 35.6 Å². The van der Waals surface area contributed by atoms with E-state index in [0.29, 0.717) is 39.9 Å². The van der Waals surface area contributed by atoms with E-state index in [0.717, 1.165) is 65.3 Å². The standard InChI is InChI=1S/C43H39Cl2N9O7/c1-23(38-31(44)17-46-18-32(38)45)61-27-6-8-33-30(15-27)39(51-50-33)24-4-10-35(47-16-24)53-21-43(22-53)19-52(20-43)26(3-2-12-55)14-37(57)48-25-5-7-28-29(13-25)42(60)54(41(28)59)34-9-11-36(56)49-40(34)58/h4-8,10,12-13,15-18,23,26,34H,2-3,9,11,14,19-22H2,1H3,(H,48,57)(H,50,51)(H,49,56,58)/t23-,26?,34?/m1/s1. The number of carbonyl (C=O) groups excluding carboxylic acids is 6. The van der Waals surface area contributed by atoms with Gasteiger partial charge in [0, 0.05) is 97.7 Å². The van der Waals surface area contributed by atoms with Crippen LogP contribution in [0.15, 0.2) is 67.1 Å². The largest absolute Gasteiger partial charge is 0.486 e. The topological polar surface area (TPSA) is 200 Å². The van der Waals surface area contributed by atoms with Crippen molar-refractivity contribution >= 4 is 81.4 Å². The highest BCUT2D eigenvalue weighted by Crippen LogP contribution is 2.44. The Morgan fingerprint density at radius 3 is 2.48 bits per heavy atom. The number of likely N-dealkylation sites (tertiary alicyclic amines) is 1. The number of aldehydes is 1. The van der Waals surface area contributed by atoms with E-state index < -0.39 is 35.8 Å². The Morgan fingerprint density at radius 2 is 1.75 bits per heavy atom. The molecule has 0 aliphatic carbocycles. The van der Waals surface area contributed by atoms with Crippen molar-refractivity contribution in [2.45, 2.75) is 57.2 Å². The quantitative estimate of drug-likeness (QED) is 0.101. The Hall–Kier alpha value is -6.23. The number of fused-ring (bicyclic) bond motifs is 2. The molecule has 4 aliphatic heterocycles. The molecule has 0 saturated carbocycles. The van der Waals surface area contributed by atoms with Crippen LogP contribution in [-0.4, -0.2) is 104 Å². The van der Waals surface area contributed by atoms with Crippen LogP contribution in [0.4, 0.5) is 11.5 Å². The minimum absolute atomic E-state index is 0.0188. The molecular formula is C43H39Cl2N9O7. The molecule has 3 N–H and O–H groups in total. The number of H-pyrrole nitrogens is 1. The van der Waals surface area contributed by atoms with Gasteiger partial charge in [-0.15, -0.1) is 0 Å². The van der Waals surface area contributed by atoms with Gasteiger partial charge < -0.3 is 19.7 Å². The molecule has 3 atom stereocenters. The predicted molar refractivity (Wildman–Crippen MR) is 224 cm³/mol. The zero-order valence-electron chi connectivity index (χ0n) is 32.8. The maximum absolute atomic E-state index is 13.4. The summed E-state index contributed by atoms with van der Waals surface area (Å²) in [7, 11) is 0. The number of anilines is 2. The second kappa shape index (κ2) is 16.0. The van der Waals surface area contributed by atoms with Crippen LogP contribution >= 0.6 is 23.2 Å². The molecule has 7 heterocycles. The predicted octanol–water partition coefficient (Wildman–Crippen LogP) is 5.37. The summed E-state index contributed by atoms with van der Waals surface area (Å²) in [6.45, 7) is 5.02. The fourth-order valence-corrected chi connectivity index (χ4v) is 9.59. The summed E-state index contributed by atoms with van der Waals surface area (Å²) >= 11 is 12.7. The molecule has 3 aromatic heterocycles. The maximum atomic E-state index is 13.4. The molecule has 3 saturated heterocycles. The van der Waals surface area contributed by atoms with Crippen LogP contribution in [0, 0.1) is 5.41 Å². The number of imide groups is 2. The summed E-state index contributed by atoms with van der Waals surface area (Å²) in [6, 6.07) is 12.9. The number of ether oxygens (including phenoxy) is 1. The lowest BCUT2D eigenvalue weighted by Gasteiger charge is -2.62. The number of carbonyl (C=O) groups is 6. The number of piperidine rings is 1. The first-order valence-corrected chi connectivity index (χ1v) is 20.6. The molecule has 9 rings (SSSR count). The fourth-order valence-electron chi connectivity index (χ4n) is 8.92. The van der Waals surface area contributed by atoms with Crippen LogP contribution in [0.3, 0.4) is 0 Å². The Bertz CT molecular complexity index is 2600. The first kappa shape index (κ1) is 40.2. The number of halogens is 2. The van der Waals surface area contributed by atoms with Gasteiger partial charge in [0.1, 0.15) is 35.7 Å². The molecule has 5 amide bonds. The first-order valence-electron chi connectivity index (χ1n) is 19.9. The highest BCUT2D eigenvalue weighted by atomic mass is 35.5. The lowest BCUT2D eigenvalue weighted by Crippen LogP contribution is -2.73. The Balaban J connectivity index is 0.795. The molecule has 3 fully saturated rings. The number of rotatable bonds is 13. The SMILES string of the molecule is C[C@@H](Oc1ccc2[nH]nc(-c3ccc(N4CC5(C4)CN(C(CCC=O)CC(=O)Nc4ccc6c(c4)C(=O)N(C4CCC(=O)NC4=O)C6=O)C5)nc3)c2c1)c1c(Cl)cncc1Cl. The lowest BCUT2D eigenvalue weighted by atomic mass is 9.71. The average Bonchev–Trinajstić information content (AvgIpc) is 3.73. The van der Waals surface area contributed by atoms with Crippen LogP contribution in [0.2, 0.25) is 10.0 Å². The Morgan fingerprint density at radius 1 is 0.984 bits per heavy atom. The second-order valence-electron chi connectivity index (χ2n) is 16.1. The summed E-state index contributed by atoms with van der Waals surface area (Å²) in [6.07, 6.45) is 6.34. The van der Waals surface area contributed by atoms with Gasteiger partial charge in [0.25, 0.3) is 11.8 Å². The number of nitrogens with one attached hydrogen (secondary N) is 3. The lowest BCUT2D eigenvalue weighted by molar-refractivity contribution is -0.136. The summed E-state index contributed by atoms with van der Waals surface area (Å²) < 4.78 is 6.23. The molecule has 0 radical (unpaired) electrons. The van der Waals surface area contributed by atoms with Gasteiger partial charge in [0.15, 0.2) is 0 Å². The first-order chi connectivity index (χ1) is 29.4. The van der Waals surface area contributed by atoms with E-state index in [9.17, 15) is 28.8 Å². The van der Waals surface area contributed by atoms with Crippen molar-refractivity contribution in [2.24, 2.45) is 5.41 Å². The molecule has 2 aromatic carbocycles. The summed E-state index contributed by atoms with van der Waals surface area (Å²) in [5.74, 6) is -1.24. The van der Waals surface area contributed by atoms with E-state index >= 15 is 0 Å². The number of aromatic amines is 1. The van der Waals surface area contributed by atoms with Gasteiger partial charge in [-0.05, 0) is 68.3 Å². The van der Waals surface area contributed by atoms with Gasteiger partial charge in [0.2, 0.25) is 17.7 Å². The third-order valence-electron chi connectivity index (χ3n) is 11.9. The van der Waals surface area contributed by atoms with Crippen LogP contribution in [-0.2, 0) is 19.2 Å². The number of aromatic nitrogens is 4. The molecular weight excluding hydrogens is 825 g/mol. The van der Waals surface area contributed by atoms with E-state index in [1.807, 2.05) is 43.5 Å². The van der Waals surface area contributed by atoms with Crippen LogP contribution < -0.4 is 20.3 Å².